The molecule has 3 aromatic carbocycles. The molecular formula is C30H26F4N6O3. The molecule has 0 bridgehead atoms. The first-order chi connectivity index (χ1) is 20.6. The maximum Gasteiger partial charge on any atom is 0.435 e. The van der Waals surface area contributed by atoms with Crippen molar-refractivity contribution in [3.8, 4) is 16.8 Å². The number of hydrogen-bond acceptors (Lipinski definition) is 7. The average Bonchev–Trinajstić information content (AvgIpc) is 3.73. The fourth-order valence-corrected chi connectivity index (χ4v) is 5.39. The van der Waals surface area contributed by atoms with Crippen LogP contribution in [0.25, 0.3) is 27.8 Å². The molecule has 5 aromatic rings. The summed E-state index contributed by atoms with van der Waals surface area (Å²) in [5.74, 6) is -1.75. The first kappa shape index (κ1) is 28.4. The van der Waals surface area contributed by atoms with Crippen LogP contribution in [0.1, 0.15) is 34.6 Å². The van der Waals surface area contributed by atoms with E-state index in [9.17, 15) is 23.1 Å². The normalized spacial score (nSPS) is 15.8. The Morgan fingerprint density at radius 3 is 2.70 bits per heavy atom. The van der Waals surface area contributed by atoms with E-state index in [-0.39, 0.29) is 29.8 Å². The van der Waals surface area contributed by atoms with Gasteiger partial charge in [-0.05, 0) is 66.4 Å². The number of aliphatic hydroxyl groups is 1. The number of aromatic nitrogens is 3. The molecule has 13 heteroatoms. The molecule has 0 spiro atoms. The highest BCUT2D eigenvalue weighted by Gasteiger charge is 2.36. The van der Waals surface area contributed by atoms with Gasteiger partial charge in [-0.15, -0.1) is 0 Å². The van der Waals surface area contributed by atoms with Crippen LogP contribution in [-0.2, 0) is 12.7 Å². The van der Waals surface area contributed by atoms with E-state index >= 15 is 4.39 Å². The van der Waals surface area contributed by atoms with Crippen molar-refractivity contribution in [1.82, 2.24) is 19.8 Å². The summed E-state index contributed by atoms with van der Waals surface area (Å²) < 4.78 is 62.0. The van der Waals surface area contributed by atoms with Gasteiger partial charge in [0.15, 0.2) is 17.1 Å². The first-order valence-electron chi connectivity index (χ1n) is 13.5. The largest absolute Gasteiger partial charge is 0.435 e. The summed E-state index contributed by atoms with van der Waals surface area (Å²) in [6.07, 6.45) is -2.94. The highest BCUT2D eigenvalue weighted by atomic mass is 19.4. The lowest BCUT2D eigenvalue weighted by Gasteiger charge is -2.24. The number of alkyl halides is 3. The number of aliphatic hydroxyl groups excluding tert-OH is 1. The molecule has 9 nitrogen and oxygen atoms in total. The molecule has 2 aromatic heterocycles. The minimum atomic E-state index is -4.84. The van der Waals surface area contributed by atoms with Gasteiger partial charge in [-0.1, -0.05) is 35.5 Å². The number of fused-ring (bicyclic) bond motifs is 1. The minimum absolute atomic E-state index is 0.0171. The lowest BCUT2D eigenvalue weighted by atomic mass is 9.98. The quantitative estimate of drug-likeness (QED) is 0.209. The number of nitrogens with one attached hydrogen (secondary N) is 1. The lowest BCUT2D eigenvalue weighted by molar-refractivity contribution is -0.141. The number of likely N-dealkylation sites (tertiary alicyclic amines) is 1. The Labute approximate surface area is 242 Å². The van der Waals surface area contributed by atoms with Crippen molar-refractivity contribution < 1.29 is 32.0 Å². The number of carbonyl (C=O) groups is 1. The molecule has 0 saturated carbocycles. The SMILES string of the molecule is Nc1noc2ccc(-n3nc(C(F)(F)F)cc3C(=O)Nc3ccc(-c4ccccc4CN4CCC[C@H]4CO)cc3F)cc12. The van der Waals surface area contributed by atoms with Crippen LogP contribution in [0.15, 0.2) is 71.3 Å². The molecule has 222 valence electrons. The number of nitrogen functional groups attached to an aromatic ring is 1. The van der Waals surface area contributed by atoms with Crippen molar-refractivity contribution in [3.05, 3.63) is 89.5 Å². The van der Waals surface area contributed by atoms with Crippen LogP contribution in [0.5, 0.6) is 0 Å². The predicted octanol–water partition coefficient (Wildman–Crippen LogP) is 5.63. The van der Waals surface area contributed by atoms with Crippen LogP contribution in [0.2, 0.25) is 0 Å². The number of carbonyl (C=O) groups excluding carboxylic acids is 1. The second kappa shape index (κ2) is 11.2. The number of anilines is 2. The van der Waals surface area contributed by atoms with Crippen LogP contribution in [0.3, 0.4) is 0 Å². The van der Waals surface area contributed by atoms with Crippen molar-refractivity contribution in [2.45, 2.75) is 31.6 Å². The molecule has 1 amide bonds. The molecule has 0 aliphatic carbocycles. The molecule has 1 fully saturated rings. The number of nitrogens with two attached hydrogens (primary N) is 1. The maximum atomic E-state index is 15.4. The van der Waals surface area contributed by atoms with Crippen LogP contribution in [0, 0.1) is 5.82 Å². The first-order valence-corrected chi connectivity index (χ1v) is 13.5. The minimum Gasteiger partial charge on any atom is -0.395 e. The number of hydrogen-bond donors (Lipinski definition) is 3. The lowest BCUT2D eigenvalue weighted by Crippen LogP contribution is -2.31. The third-order valence-electron chi connectivity index (χ3n) is 7.59. The Bertz CT molecular complexity index is 1820. The van der Waals surface area contributed by atoms with Gasteiger partial charge in [0.05, 0.1) is 23.4 Å². The second-order valence-electron chi connectivity index (χ2n) is 10.3. The molecule has 1 aliphatic rings. The van der Waals surface area contributed by atoms with Crippen molar-refractivity contribution in [3.63, 3.8) is 0 Å². The number of nitrogens with zero attached hydrogens (tertiary/aromatic N) is 4. The van der Waals surface area contributed by atoms with Crippen LogP contribution < -0.4 is 11.1 Å². The Morgan fingerprint density at radius 2 is 1.93 bits per heavy atom. The number of amides is 1. The smallest absolute Gasteiger partial charge is 0.395 e. The second-order valence-corrected chi connectivity index (χ2v) is 10.3. The fraction of sp³-hybridized carbons (Fsp3) is 0.233. The summed E-state index contributed by atoms with van der Waals surface area (Å²) in [6.45, 7) is 1.50. The number of benzene rings is 3. The van der Waals surface area contributed by atoms with E-state index in [1.54, 1.807) is 6.07 Å². The van der Waals surface area contributed by atoms with Gasteiger partial charge in [0.25, 0.3) is 5.91 Å². The summed E-state index contributed by atoms with van der Waals surface area (Å²) in [7, 11) is 0. The van der Waals surface area contributed by atoms with E-state index in [2.05, 4.69) is 20.5 Å². The van der Waals surface area contributed by atoms with Gasteiger partial charge in [0.2, 0.25) is 0 Å². The topological polar surface area (TPSA) is 122 Å². The summed E-state index contributed by atoms with van der Waals surface area (Å²) in [4.78, 5) is 15.4. The highest BCUT2D eigenvalue weighted by Crippen LogP contribution is 2.33. The molecule has 1 atom stereocenters. The highest BCUT2D eigenvalue weighted by molar-refractivity contribution is 6.04. The molecular weight excluding hydrogens is 568 g/mol. The molecule has 3 heterocycles. The van der Waals surface area contributed by atoms with Crippen molar-refractivity contribution in [1.29, 1.82) is 0 Å². The Balaban J connectivity index is 1.29. The Hall–Kier alpha value is -4.75. The number of halogens is 4. The van der Waals surface area contributed by atoms with Crippen LogP contribution >= 0.6 is 0 Å². The zero-order valence-electron chi connectivity index (χ0n) is 22.6. The van der Waals surface area contributed by atoms with Gasteiger partial charge in [-0.2, -0.15) is 18.3 Å². The van der Waals surface area contributed by atoms with Gasteiger partial charge in [0, 0.05) is 18.7 Å². The Morgan fingerprint density at radius 1 is 1.12 bits per heavy atom. The van der Waals surface area contributed by atoms with E-state index in [1.807, 2.05) is 24.3 Å². The van der Waals surface area contributed by atoms with E-state index in [0.29, 0.717) is 29.1 Å². The van der Waals surface area contributed by atoms with Gasteiger partial charge < -0.3 is 20.7 Å². The molecule has 6 rings (SSSR count). The van der Waals surface area contributed by atoms with Crippen molar-refractivity contribution in [2.24, 2.45) is 0 Å². The van der Waals surface area contributed by atoms with Gasteiger partial charge in [-0.25, -0.2) is 9.07 Å². The van der Waals surface area contributed by atoms with E-state index < -0.39 is 29.3 Å². The molecule has 4 N–H and O–H groups in total. The summed E-state index contributed by atoms with van der Waals surface area (Å²) >= 11 is 0. The average molecular weight is 595 g/mol. The third kappa shape index (κ3) is 5.56. The summed E-state index contributed by atoms with van der Waals surface area (Å²) in [5, 5.41) is 19.6. The van der Waals surface area contributed by atoms with Crippen LogP contribution in [0.4, 0.5) is 29.1 Å². The molecule has 0 radical (unpaired) electrons. The van der Waals surface area contributed by atoms with Gasteiger partial charge in [-0.3, -0.25) is 9.69 Å². The fourth-order valence-electron chi connectivity index (χ4n) is 5.39. The summed E-state index contributed by atoms with van der Waals surface area (Å²) in [6, 6.07) is 16.7. The summed E-state index contributed by atoms with van der Waals surface area (Å²) in [5.41, 5.74) is 6.49. The standard InChI is InChI=1S/C30H26F4N6O3/c31-23-12-17(21-6-2-1-4-18(21)15-39-11-3-5-20(39)16-41)7-9-24(23)36-29(42)25-14-27(30(32,33)34)37-40(25)19-8-10-26-22(13-19)28(35)38-43-26/h1-2,4,6-10,12-14,20,41H,3,5,11,15-16H2,(H2,35,38)(H,36,42)/t20-/m0/s1. The van der Waals surface area contributed by atoms with Crippen molar-refractivity contribution in [2.75, 3.05) is 24.2 Å². The number of rotatable bonds is 7. The predicted molar refractivity (Wildman–Crippen MR) is 151 cm³/mol. The van der Waals surface area contributed by atoms with E-state index in [4.69, 9.17) is 10.3 Å². The zero-order chi connectivity index (χ0) is 30.3. The van der Waals surface area contributed by atoms with Gasteiger partial charge >= 0.3 is 6.18 Å². The molecule has 0 unspecified atom stereocenters. The van der Waals surface area contributed by atoms with Gasteiger partial charge in [0.1, 0.15) is 11.5 Å². The van der Waals surface area contributed by atoms with E-state index in [0.717, 1.165) is 35.2 Å². The Kier molecular flexibility index (Phi) is 7.36. The molecule has 1 saturated heterocycles. The zero-order valence-corrected chi connectivity index (χ0v) is 22.6. The monoisotopic (exact) mass is 594 g/mol. The third-order valence-corrected chi connectivity index (χ3v) is 7.59. The molecule has 43 heavy (non-hydrogen) atoms. The maximum absolute atomic E-state index is 15.4. The molecule has 1 aliphatic heterocycles. The van der Waals surface area contributed by atoms with E-state index in [1.165, 1.54) is 30.3 Å². The van der Waals surface area contributed by atoms with Crippen LogP contribution in [-0.4, -0.2) is 50.0 Å². The van der Waals surface area contributed by atoms with Crippen molar-refractivity contribution >= 4 is 28.4 Å².